The number of rotatable bonds is 3. The minimum Gasteiger partial charge on any atom is -0.228 e. The first-order chi connectivity index (χ1) is 18.6. The molecule has 182 valence electrons. The molecule has 1 aromatic heterocycles. The SMILES string of the molecule is CC1(C)c2ccccc2Sc2c(-c3cccc(-c4nc(-c5ccccc5)c5ccccc5n4)c3)cccc21. The fourth-order valence-electron chi connectivity index (χ4n) is 5.54. The van der Waals surface area contributed by atoms with E-state index in [4.69, 9.17) is 9.97 Å². The summed E-state index contributed by atoms with van der Waals surface area (Å²) in [4.78, 5) is 12.8. The van der Waals surface area contributed by atoms with Gasteiger partial charge in [0.05, 0.1) is 11.2 Å². The van der Waals surface area contributed by atoms with Gasteiger partial charge in [-0.1, -0.05) is 129 Å². The van der Waals surface area contributed by atoms with Gasteiger partial charge in [-0.3, -0.25) is 0 Å². The fourth-order valence-corrected chi connectivity index (χ4v) is 7.07. The molecule has 1 aliphatic rings. The van der Waals surface area contributed by atoms with E-state index in [0.717, 1.165) is 33.5 Å². The van der Waals surface area contributed by atoms with Gasteiger partial charge < -0.3 is 0 Å². The molecule has 0 N–H and O–H groups in total. The van der Waals surface area contributed by atoms with Crippen molar-refractivity contribution in [1.82, 2.24) is 9.97 Å². The summed E-state index contributed by atoms with van der Waals surface area (Å²) < 4.78 is 0. The van der Waals surface area contributed by atoms with Crippen LogP contribution in [0.25, 0.3) is 44.7 Å². The van der Waals surface area contributed by atoms with Gasteiger partial charge in [-0.15, -0.1) is 0 Å². The summed E-state index contributed by atoms with van der Waals surface area (Å²) in [5.41, 5.74) is 9.16. The summed E-state index contributed by atoms with van der Waals surface area (Å²) >= 11 is 1.88. The second-order valence-electron chi connectivity index (χ2n) is 10.3. The van der Waals surface area contributed by atoms with Crippen LogP contribution in [0.1, 0.15) is 25.0 Å². The van der Waals surface area contributed by atoms with Gasteiger partial charge >= 0.3 is 0 Å². The molecule has 0 atom stereocenters. The van der Waals surface area contributed by atoms with Gasteiger partial charge in [0, 0.05) is 31.7 Å². The lowest BCUT2D eigenvalue weighted by atomic mass is 9.77. The Morgan fingerprint density at radius 3 is 2.16 bits per heavy atom. The highest BCUT2D eigenvalue weighted by Gasteiger charge is 2.34. The van der Waals surface area contributed by atoms with Crippen LogP contribution in [-0.2, 0) is 5.41 Å². The highest BCUT2D eigenvalue weighted by Crippen LogP contribution is 2.52. The van der Waals surface area contributed by atoms with E-state index in [9.17, 15) is 0 Å². The number of aromatic nitrogens is 2. The standard InChI is InChI=1S/C35H26N2S/c1-35(2)28-18-7-9-21-31(28)38-33-26(17-11-19-29(33)35)24-14-10-15-25(22-24)34-36-30-20-8-6-16-27(30)32(37-34)23-12-4-3-5-13-23/h3-22H,1-2H3. The molecule has 0 unspecified atom stereocenters. The Balaban J connectivity index is 1.38. The van der Waals surface area contributed by atoms with E-state index in [-0.39, 0.29) is 5.41 Å². The third-order valence-electron chi connectivity index (χ3n) is 7.54. The van der Waals surface area contributed by atoms with Gasteiger partial charge in [0.25, 0.3) is 0 Å². The van der Waals surface area contributed by atoms with Crippen LogP contribution >= 0.6 is 11.8 Å². The lowest BCUT2D eigenvalue weighted by Crippen LogP contribution is -2.23. The monoisotopic (exact) mass is 506 g/mol. The Bertz CT molecular complexity index is 1820. The van der Waals surface area contributed by atoms with E-state index in [2.05, 4.69) is 117 Å². The smallest absolute Gasteiger partial charge is 0.160 e. The Kier molecular flexibility index (Phi) is 5.41. The molecule has 38 heavy (non-hydrogen) atoms. The van der Waals surface area contributed by atoms with Gasteiger partial charge in [-0.2, -0.15) is 0 Å². The zero-order valence-corrected chi connectivity index (χ0v) is 22.2. The molecule has 2 nitrogen and oxygen atoms in total. The maximum Gasteiger partial charge on any atom is 0.160 e. The van der Waals surface area contributed by atoms with Crippen molar-refractivity contribution in [2.45, 2.75) is 29.1 Å². The fraction of sp³-hybridized carbons (Fsp3) is 0.0857. The second-order valence-corrected chi connectivity index (χ2v) is 11.3. The van der Waals surface area contributed by atoms with Crippen LogP contribution in [0.2, 0.25) is 0 Å². The molecule has 3 heteroatoms. The van der Waals surface area contributed by atoms with E-state index < -0.39 is 0 Å². The normalized spacial score (nSPS) is 13.6. The van der Waals surface area contributed by atoms with Crippen LogP contribution in [0.4, 0.5) is 0 Å². The van der Waals surface area contributed by atoms with E-state index in [1.807, 2.05) is 30.0 Å². The van der Waals surface area contributed by atoms with Crippen LogP contribution in [0.5, 0.6) is 0 Å². The second kappa shape index (κ2) is 8.97. The molecule has 5 aromatic carbocycles. The maximum absolute atomic E-state index is 5.10. The van der Waals surface area contributed by atoms with Gasteiger partial charge in [-0.05, 0) is 40.5 Å². The first-order valence-electron chi connectivity index (χ1n) is 12.9. The zero-order valence-electron chi connectivity index (χ0n) is 21.3. The quantitative estimate of drug-likeness (QED) is 0.239. The third kappa shape index (κ3) is 3.74. The minimum absolute atomic E-state index is 0.0587. The molecular formula is C35H26N2S. The van der Waals surface area contributed by atoms with Crippen molar-refractivity contribution < 1.29 is 0 Å². The number of para-hydroxylation sites is 1. The van der Waals surface area contributed by atoms with Gasteiger partial charge in [0.2, 0.25) is 0 Å². The van der Waals surface area contributed by atoms with Gasteiger partial charge in [-0.25, -0.2) is 9.97 Å². The topological polar surface area (TPSA) is 25.8 Å². The minimum atomic E-state index is -0.0587. The van der Waals surface area contributed by atoms with Crippen molar-refractivity contribution in [3.63, 3.8) is 0 Å². The molecule has 7 rings (SSSR count). The largest absolute Gasteiger partial charge is 0.228 e. The van der Waals surface area contributed by atoms with E-state index in [1.54, 1.807) is 0 Å². The Labute approximate surface area is 227 Å². The Morgan fingerprint density at radius 2 is 1.26 bits per heavy atom. The number of benzene rings is 5. The molecule has 0 radical (unpaired) electrons. The average molecular weight is 507 g/mol. The van der Waals surface area contributed by atoms with Crippen LogP contribution in [0, 0.1) is 0 Å². The van der Waals surface area contributed by atoms with Crippen molar-refractivity contribution in [3.05, 3.63) is 132 Å². The average Bonchev–Trinajstić information content (AvgIpc) is 2.97. The zero-order chi connectivity index (χ0) is 25.7. The molecule has 0 amide bonds. The molecule has 0 aliphatic carbocycles. The lowest BCUT2D eigenvalue weighted by molar-refractivity contribution is 0.608. The van der Waals surface area contributed by atoms with Crippen molar-refractivity contribution in [2.24, 2.45) is 0 Å². The van der Waals surface area contributed by atoms with Crippen molar-refractivity contribution in [3.8, 4) is 33.8 Å². The summed E-state index contributed by atoms with van der Waals surface area (Å²) in [6, 6.07) is 42.8. The highest BCUT2D eigenvalue weighted by atomic mass is 32.2. The number of hydrogen-bond donors (Lipinski definition) is 0. The maximum atomic E-state index is 5.10. The highest BCUT2D eigenvalue weighted by molar-refractivity contribution is 7.99. The lowest BCUT2D eigenvalue weighted by Gasteiger charge is -2.35. The summed E-state index contributed by atoms with van der Waals surface area (Å²) in [6.45, 7) is 4.66. The number of fused-ring (bicyclic) bond motifs is 3. The Morgan fingerprint density at radius 1 is 0.579 bits per heavy atom. The predicted molar refractivity (Wildman–Crippen MR) is 159 cm³/mol. The van der Waals surface area contributed by atoms with E-state index >= 15 is 0 Å². The van der Waals surface area contributed by atoms with E-state index in [0.29, 0.717) is 0 Å². The number of nitrogens with zero attached hydrogens (tertiary/aromatic N) is 2. The van der Waals surface area contributed by atoms with Crippen LogP contribution in [0.3, 0.4) is 0 Å². The molecular weight excluding hydrogens is 480 g/mol. The first kappa shape index (κ1) is 22.9. The molecule has 0 saturated heterocycles. The third-order valence-corrected chi connectivity index (χ3v) is 8.76. The van der Waals surface area contributed by atoms with Crippen LogP contribution < -0.4 is 0 Å². The van der Waals surface area contributed by atoms with Crippen molar-refractivity contribution in [2.75, 3.05) is 0 Å². The molecule has 2 heterocycles. The molecule has 0 saturated carbocycles. The number of hydrogen-bond acceptors (Lipinski definition) is 3. The summed E-state index contributed by atoms with van der Waals surface area (Å²) in [5, 5.41) is 1.06. The van der Waals surface area contributed by atoms with Crippen LogP contribution in [-0.4, -0.2) is 9.97 Å². The molecule has 0 fully saturated rings. The molecule has 1 aliphatic heterocycles. The summed E-state index contributed by atoms with van der Waals surface area (Å²) in [7, 11) is 0. The predicted octanol–water partition coefficient (Wildman–Crippen LogP) is 9.42. The molecule has 0 spiro atoms. The molecule has 6 aromatic rings. The van der Waals surface area contributed by atoms with Gasteiger partial charge in [0.1, 0.15) is 0 Å². The van der Waals surface area contributed by atoms with Crippen LogP contribution in [0.15, 0.2) is 131 Å². The molecule has 0 bridgehead atoms. The van der Waals surface area contributed by atoms with Crippen molar-refractivity contribution >= 4 is 22.7 Å². The van der Waals surface area contributed by atoms with E-state index in [1.165, 1.54) is 32.0 Å². The first-order valence-corrected chi connectivity index (χ1v) is 13.7. The Hall–Kier alpha value is -4.21. The summed E-state index contributed by atoms with van der Waals surface area (Å²) in [5.74, 6) is 0.743. The van der Waals surface area contributed by atoms with Gasteiger partial charge in [0.15, 0.2) is 5.82 Å². The van der Waals surface area contributed by atoms with Crippen molar-refractivity contribution in [1.29, 1.82) is 0 Å². The summed E-state index contributed by atoms with van der Waals surface area (Å²) in [6.07, 6.45) is 0.